The van der Waals surface area contributed by atoms with E-state index in [1.54, 1.807) is 6.08 Å². The van der Waals surface area contributed by atoms with Crippen LogP contribution in [-0.2, 0) is 9.53 Å². The van der Waals surface area contributed by atoms with Crippen LogP contribution in [0, 0.1) is 34.5 Å². The van der Waals surface area contributed by atoms with Crippen molar-refractivity contribution in [3.05, 3.63) is 36.0 Å². The molecule has 0 aromatic rings. The van der Waals surface area contributed by atoms with Gasteiger partial charge >= 0.3 is 5.97 Å². The molecule has 1 spiro atoms. The first-order valence-electron chi connectivity index (χ1n) is 10.4. The molecule has 0 aromatic carbocycles. The van der Waals surface area contributed by atoms with E-state index in [-0.39, 0.29) is 17.0 Å². The maximum absolute atomic E-state index is 11.9. The Bertz CT molecular complexity index is 762. The normalized spacial score (nSPS) is 46.7. The molecule has 1 aliphatic heterocycles. The van der Waals surface area contributed by atoms with E-state index in [2.05, 4.69) is 25.7 Å². The molecule has 6 atom stereocenters. The summed E-state index contributed by atoms with van der Waals surface area (Å²) in [6, 6.07) is 0. The molecule has 3 saturated carbocycles. The fourth-order valence-corrected chi connectivity index (χ4v) is 7.59. The molecule has 26 heavy (non-hydrogen) atoms. The van der Waals surface area contributed by atoms with Gasteiger partial charge in [0, 0.05) is 17.2 Å². The molecule has 5 unspecified atom stereocenters. The highest BCUT2D eigenvalue weighted by atomic mass is 16.6. The molecule has 138 valence electrons. The summed E-state index contributed by atoms with van der Waals surface area (Å²) < 4.78 is 5.99. The first-order chi connectivity index (χ1) is 12.5. The Kier molecular flexibility index (Phi) is 3.45. The highest BCUT2D eigenvalue weighted by molar-refractivity contribution is 5.94. The summed E-state index contributed by atoms with van der Waals surface area (Å²) in [5, 5.41) is 8.07. The predicted molar refractivity (Wildman–Crippen MR) is 102 cm³/mol. The van der Waals surface area contributed by atoms with Crippen molar-refractivity contribution < 1.29 is 9.53 Å². The van der Waals surface area contributed by atoms with Crippen molar-refractivity contribution in [2.24, 2.45) is 29.1 Å². The van der Waals surface area contributed by atoms with E-state index in [1.807, 2.05) is 0 Å². The zero-order valence-electron chi connectivity index (χ0n) is 15.7. The average Bonchev–Trinajstić information content (AvgIpc) is 3.17. The van der Waals surface area contributed by atoms with Gasteiger partial charge in [-0.05, 0) is 92.8 Å². The molecule has 4 aliphatic carbocycles. The molecule has 3 nitrogen and oxygen atoms in total. The summed E-state index contributed by atoms with van der Waals surface area (Å²) in [7, 11) is 0. The molecule has 5 aliphatic rings. The van der Waals surface area contributed by atoms with E-state index in [1.165, 1.54) is 30.4 Å². The maximum atomic E-state index is 11.9. The van der Waals surface area contributed by atoms with Crippen LogP contribution in [0.15, 0.2) is 36.0 Å². The van der Waals surface area contributed by atoms with Gasteiger partial charge in [0.15, 0.2) is 0 Å². The van der Waals surface area contributed by atoms with Crippen LogP contribution in [0.1, 0.15) is 58.3 Å². The molecule has 0 bridgehead atoms. The van der Waals surface area contributed by atoms with Gasteiger partial charge < -0.3 is 10.1 Å². The number of ether oxygens (including phenoxy) is 1. The Labute approximate surface area is 156 Å². The number of fused-ring (bicyclic) bond motifs is 6. The lowest BCUT2D eigenvalue weighted by molar-refractivity contribution is -0.163. The van der Waals surface area contributed by atoms with E-state index >= 15 is 0 Å². The van der Waals surface area contributed by atoms with Crippen molar-refractivity contribution in [3.8, 4) is 0 Å². The van der Waals surface area contributed by atoms with Gasteiger partial charge in [0.2, 0.25) is 0 Å². The van der Waals surface area contributed by atoms with Crippen LogP contribution in [0.5, 0.6) is 0 Å². The van der Waals surface area contributed by atoms with Crippen molar-refractivity contribution in [2.45, 2.75) is 63.9 Å². The third-order valence-electron chi connectivity index (χ3n) is 8.63. The summed E-state index contributed by atoms with van der Waals surface area (Å²) in [5.74, 6) is 2.47. The molecule has 1 N–H and O–H groups in total. The Morgan fingerprint density at radius 1 is 1.27 bits per heavy atom. The van der Waals surface area contributed by atoms with Crippen molar-refractivity contribution >= 4 is 11.7 Å². The lowest BCUT2D eigenvalue weighted by Gasteiger charge is -2.56. The highest BCUT2D eigenvalue weighted by Crippen LogP contribution is 2.68. The van der Waals surface area contributed by atoms with Crippen molar-refractivity contribution in [1.29, 1.82) is 5.41 Å². The molecule has 1 heterocycles. The van der Waals surface area contributed by atoms with Crippen molar-refractivity contribution in [1.82, 2.24) is 0 Å². The van der Waals surface area contributed by atoms with Crippen LogP contribution in [0.4, 0.5) is 0 Å². The van der Waals surface area contributed by atoms with E-state index < -0.39 is 0 Å². The van der Waals surface area contributed by atoms with Gasteiger partial charge in [0.1, 0.15) is 5.60 Å². The number of nitrogens with one attached hydrogen (secondary N) is 1. The second-order valence-electron chi connectivity index (χ2n) is 9.24. The van der Waals surface area contributed by atoms with Gasteiger partial charge in [-0.3, -0.25) is 0 Å². The third-order valence-corrected chi connectivity index (χ3v) is 8.63. The molecule has 0 amide bonds. The summed E-state index contributed by atoms with van der Waals surface area (Å²) in [5.41, 5.74) is 3.19. The number of allylic oxidation sites excluding steroid dienone is 3. The Hall–Kier alpha value is -1.64. The molecular weight excluding hydrogens is 322 g/mol. The van der Waals surface area contributed by atoms with E-state index in [0.717, 1.165) is 43.7 Å². The largest absolute Gasteiger partial charge is 0.451 e. The van der Waals surface area contributed by atoms with Gasteiger partial charge in [0.05, 0.1) is 0 Å². The summed E-state index contributed by atoms with van der Waals surface area (Å²) in [4.78, 5) is 11.9. The van der Waals surface area contributed by atoms with Crippen LogP contribution < -0.4 is 0 Å². The minimum absolute atomic E-state index is 0.111. The fourth-order valence-electron chi connectivity index (χ4n) is 7.59. The first-order valence-corrected chi connectivity index (χ1v) is 10.4. The van der Waals surface area contributed by atoms with Crippen molar-refractivity contribution in [3.63, 3.8) is 0 Å². The second kappa shape index (κ2) is 5.43. The summed E-state index contributed by atoms with van der Waals surface area (Å²) >= 11 is 0. The highest BCUT2D eigenvalue weighted by Gasteiger charge is 2.66. The third kappa shape index (κ3) is 1.95. The van der Waals surface area contributed by atoms with Crippen LogP contribution in [0.3, 0.4) is 0 Å². The maximum Gasteiger partial charge on any atom is 0.331 e. The zero-order chi connectivity index (χ0) is 18.1. The number of esters is 1. The quantitative estimate of drug-likeness (QED) is 0.677. The second-order valence-corrected chi connectivity index (χ2v) is 9.24. The Morgan fingerprint density at radius 2 is 2.12 bits per heavy atom. The summed E-state index contributed by atoms with van der Waals surface area (Å²) in [6.07, 6.45) is 14.6. The monoisotopic (exact) mass is 351 g/mol. The Morgan fingerprint density at radius 3 is 2.85 bits per heavy atom. The number of carbonyl (C=O) groups excluding carboxylic acids is 1. The van der Waals surface area contributed by atoms with Crippen molar-refractivity contribution in [2.75, 3.05) is 0 Å². The molecule has 3 fully saturated rings. The molecule has 0 radical (unpaired) electrons. The van der Waals surface area contributed by atoms with E-state index in [0.29, 0.717) is 17.8 Å². The smallest absolute Gasteiger partial charge is 0.331 e. The number of rotatable bonds is 1. The molecule has 0 saturated heterocycles. The molecule has 3 heteroatoms. The molecular formula is C23H29NO2. The van der Waals surface area contributed by atoms with Crippen LogP contribution in [0.25, 0.3) is 0 Å². The Balaban J connectivity index is 1.52. The molecule has 5 rings (SSSR count). The lowest BCUT2D eigenvalue weighted by atomic mass is 9.49. The van der Waals surface area contributed by atoms with Gasteiger partial charge in [-0.1, -0.05) is 19.1 Å². The number of carbonyl (C=O) groups is 1. The summed E-state index contributed by atoms with van der Waals surface area (Å²) in [6.45, 7) is 6.72. The fraction of sp³-hybridized carbons (Fsp3) is 0.652. The van der Waals surface area contributed by atoms with Gasteiger partial charge in [-0.15, -0.1) is 0 Å². The minimum Gasteiger partial charge on any atom is -0.451 e. The van der Waals surface area contributed by atoms with Gasteiger partial charge in [-0.25, -0.2) is 4.79 Å². The molecule has 0 aromatic heterocycles. The number of hydrogen-bond donors (Lipinski definition) is 1. The standard InChI is InChI=1S/C23H29NO2/c1-3-22-9-6-17-16-5-4-15(24)13-18(16)14(2)12-19(17)20(22)7-10-23(22)11-8-21(25)26-23/h8,11,13,16-17,19-20,24H,2-7,9-10,12H2,1H3/t16?,17?,19?,20?,22-,23?/m0/s1. The van der Waals surface area contributed by atoms with Gasteiger partial charge in [-0.2, -0.15) is 0 Å². The van der Waals surface area contributed by atoms with Gasteiger partial charge in [0.25, 0.3) is 0 Å². The SMILES string of the molecule is C=C1CC2C(CC[C@@]3(CC)C2CCC32C=CC(=O)O2)C2CCC(=N)C=C12. The van der Waals surface area contributed by atoms with E-state index in [9.17, 15) is 4.79 Å². The minimum atomic E-state index is -0.347. The van der Waals surface area contributed by atoms with Crippen LogP contribution >= 0.6 is 0 Å². The van der Waals surface area contributed by atoms with E-state index in [4.69, 9.17) is 10.1 Å². The zero-order valence-corrected chi connectivity index (χ0v) is 15.7. The topological polar surface area (TPSA) is 50.2 Å². The lowest BCUT2D eigenvalue weighted by Crippen LogP contribution is -2.53. The average molecular weight is 351 g/mol. The first kappa shape index (κ1) is 16.5. The van der Waals surface area contributed by atoms with Crippen LogP contribution in [0.2, 0.25) is 0 Å². The number of hydrogen-bond acceptors (Lipinski definition) is 3. The predicted octanol–water partition coefficient (Wildman–Crippen LogP) is 4.99. The van der Waals surface area contributed by atoms with Crippen LogP contribution in [-0.4, -0.2) is 17.3 Å².